The summed E-state index contributed by atoms with van der Waals surface area (Å²) < 4.78 is 0. The van der Waals surface area contributed by atoms with Gasteiger partial charge >= 0.3 is 0 Å². The quantitative estimate of drug-likeness (QED) is 0.578. The second kappa shape index (κ2) is 3.97. The maximum atomic E-state index is 11.1. The van der Waals surface area contributed by atoms with E-state index in [4.69, 9.17) is 0 Å². The maximum absolute atomic E-state index is 11.1. The van der Waals surface area contributed by atoms with Crippen molar-refractivity contribution in [1.29, 1.82) is 0 Å². The van der Waals surface area contributed by atoms with Crippen molar-refractivity contribution in [2.45, 2.75) is 11.7 Å². The highest BCUT2D eigenvalue weighted by Gasteiger charge is 2.25. The van der Waals surface area contributed by atoms with Gasteiger partial charge in [0, 0.05) is 31.3 Å². The van der Waals surface area contributed by atoms with E-state index in [2.05, 4.69) is 17.9 Å². The summed E-state index contributed by atoms with van der Waals surface area (Å²) in [4.78, 5) is 13.0. The van der Waals surface area contributed by atoms with Gasteiger partial charge in [-0.05, 0) is 7.05 Å². The van der Waals surface area contributed by atoms with Gasteiger partial charge in [0.2, 0.25) is 5.91 Å². The number of thiol groups is 1. The van der Waals surface area contributed by atoms with Crippen molar-refractivity contribution in [1.82, 2.24) is 10.2 Å². The zero-order valence-corrected chi connectivity index (χ0v) is 7.60. The number of likely N-dealkylation sites (tertiary alicyclic amines) is 1. The van der Waals surface area contributed by atoms with E-state index in [1.165, 1.54) is 0 Å². The molecule has 1 atom stereocenters. The molecule has 3 nitrogen and oxygen atoms in total. The number of nitrogens with one attached hydrogen (secondary N) is 1. The van der Waals surface area contributed by atoms with Crippen molar-refractivity contribution in [2.24, 2.45) is 0 Å². The van der Waals surface area contributed by atoms with Crippen LogP contribution in [-0.2, 0) is 4.79 Å². The van der Waals surface area contributed by atoms with Crippen LogP contribution in [0.2, 0.25) is 0 Å². The first-order chi connectivity index (χ1) is 5.24. The Balaban J connectivity index is 2.29. The fourth-order valence-corrected chi connectivity index (χ4v) is 1.57. The largest absolute Gasteiger partial charge is 0.340 e. The average Bonchev–Trinajstić information content (AvgIpc) is 2.26. The fourth-order valence-electron chi connectivity index (χ4n) is 1.21. The van der Waals surface area contributed by atoms with E-state index in [1.807, 2.05) is 11.9 Å². The highest BCUT2D eigenvalue weighted by atomic mass is 32.1. The molecule has 1 amide bonds. The van der Waals surface area contributed by atoms with E-state index >= 15 is 0 Å². The Bertz CT molecular complexity index is 151. The molecule has 1 unspecified atom stereocenters. The summed E-state index contributed by atoms with van der Waals surface area (Å²) in [6, 6.07) is 0. The van der Waals surface area contributed by atoms with E-state index in [0.29, 0.717) is 6.42 Å². The van der Waals surface area contributed by atoms with Crippen LogP contribution < -0.4 is 5.32 Å². The van der Waals surface area contributed by atoms with Gasteiger partial charge in [-0.1, -0.05) is 0 Å². The van der Waals surface area contributed by atoms with Gasteiger partial charge in [0.05, 0.1) is 0 Å². The van der Waals surface area contributed by atoms with Crippen LogP contribution in [0.4, 0.5) is 0 Å². The Morgan fingerprint density at radius 1 is 1.82 bits per heavy atom. The summed E-state index contributed by atoms with van der Waals surface area (Å²) in [5.74, 6) is 0.236. The van der Waals surface area contributed by atoms with Crippen LogP contribution >= 0.6 is 12.6 Å². The molecule has 0 aliphatic carbocycles. The van der Waals surface area contributed by atoms with Crippen LogP contribution in [0.5, 0.6) is 0 Å². The maximum Gasteiger partial charge on any atom is 0.223 e. The molecular weight excluding hydrogens is 160 g/mol. The molecule has 1 rings (SSSR count). The summed E-state index contributed by atoms with van der Waals surface area (Å²) in [6.07, 6.45) is 0.604. The average molecular weight is 174 g/mol. The number of rotatable bonds is 3. The number of amides is 1. The van der Waals surface area contributed by atoms with Crippen LogP contribution in [0.3, 0.4) is 0 Å². The number of hydrogen-bond donors (Lipinski definition) is 2. The summed E-state index contributed by atoms with van der Waals surface area (Å²) in [6.45, 7) is 2.49. The minimum Gasteiger partial charge on any atom is -0.340 e. The number of nitrogens with zero attached hydrogens (tertiary/aromatic N) is 1. The normalized spacial score (nSPS) is 24.7. The van der Waals surface area contributed by atoms with Crippen LogP contribution in [0.1, 0.15) is 6.42 Å². The lowest BCUT2D eigenvalue weighted by Gasteiger charge is -2.14. The van der Waals surface area contributed by atoms with Crippen molar-refractivity contribution in [3.8, 4) is 0 Å². The van der Waals surface area contributed by atoms with Gasteiger partial charge in [0.1, 0.15) is 0 Å². The highest BCUT2D eigenvalue weighted by molar-refractivity contribution is 7.81. The van der Waals surface area contributed by atoms with E-state index < -0.39 is 0 Å². The number of carbonyl (C=O) groups is 1. The van der Waals surface area contributed by atoms with Crippen LogP contribution in [0, 0.1) is 0 Å². The second-order valence-corrected chi connectivity index (χ2v) is 3.53. The lowest BCUT2D eigenvalue weighted by atomic mass is 10.4. The van der Waals surface area contributed by atoms with E-state index in [9.17, 15) is 4.79 Å². The summed E-state index contributed by atoms with van der Waals surface area (Å²) in [5.41, 5.74) is 0. The third-order valence-corrected chi connectivity index (χ3v) is 2.17. The summed E-state index contributed by atoms with van der Waals surface area (Å²) >= 11 is 4.25. The predicted octanol–water partition coefficient (Wildman–Crippen LogP) is -0.264. The topological polar surface area (TPSA) is 32.3 Å². The van der Waals surface area contributed by atoms with Crippen molar-refractivity contribution in [3.05, 3.63) is 0 Å². The predicted molar refractivity (Wildman–Crippen MR) is 47.9 cm³/mol. The second-order valence-electron chi connectivity index (χ2n) is 2.80. The van der Waals surface area contributed by atoms with Crippen LogP contribution in [0.15, 0.2) is 0 Å². The third kappa shape index (κ3) is 2.38. The molecule has 11 heavy (non-hydrogen) atoms. The number of hydrogen-bond acceptors (Lipinski definition) is 3. The van der Waals surface area contributed by atoms with Gasteiger partial charge in [-0.15, -0.1) is 0 Å². The van der Waals surface area contributed by atoms with E-state index in [1.54, 1.807) is 0 Å². The van der Waals surface area contributed by atoms with Crippen molar-refractivity contribution < 1.29 is 4.79 Å². The molecule has 1 heterocycles. The molecule has 0 radical (unpaired) electrons. The first-order valence-electron chi connectivity index (χ1n) is 3.84. The molecule has 0 spiro atoms. The Morgan fingerprint density at radius 2 is 2.55 bits per heavy atom. The molecule has 1 aliphatic heterocycles. The Labute approximate surface area is 72.5 Å². The minimum atomic E-state index is 0.236. The highest BCUT2D eigenvalue weighted by Crippen LogP contribution is 2.14. The standard InChI is InChI=1S/C7H14N2OS/c1-8-2-3-9-5-6(11)4-7(9)10/h6,8,11H,2-5H2,1H3. The lowest BCUT2D eigenvalue weighted by molar-refractivity contribution is -0.127. The zero-order chi connectivity index (χ0) is 8.27. The Morgan fingerprint density at radius 3 is 3.00 bits per heavy atom. The van der Waals surface area contributed by atoms with Crippen molar-refractivity contribution >= 4 is 18.5 Å². The van der Waals surface area contributed by atoms with Crippen LogP contribution in [0.25, 0.3) is 0 Å². The van der Waals surface area contributed by atoms with Gasteiger partial charge in [-0.3, -0.25) is 4.79 Å². The third-order valence-electron chi connectivity index (χ3n) is 1.83. The molecule has 0 aromatic heterocycles. The smallest absolute Gasteiger partial charge is 0.223 e. The SMILES string of the molecule is CNCCN1CC(S)CC1=O. The number of carbonyl (C=O) groups excluding carboxylic acids is 1. The molecule has 0 bridgehead atoms. The first-order valence-corrected chi connectivity index (χ1v) is 4.36. The molecule has 4 heteroatoms. The Kier molecular flexibility index (Phi) is 3.20. The van der Waals surface area contributed by atoms with Crippen molar-refractivity contribution in [2.75, 3.05) is 26.7 Å². The van der Waals surface area contributed by atoms with E-state index in [-0.39, 0.29) is 11.2 Å². The minimum absolute atomic E-state index is 0.236. The molecule has 0 aromatic rings. The molecule has 0 aromatic carbocycles. The zero-order valence-electron chi connectivity index (χ0n) is 6.71. The lowest BCUT2D eigenvalue weighted by Crippen LogP contribution is -2.32. The molecule has 1 aliphatic rings. The van der Waals surface area contributed by atoms with Crippen LogP contribution in [-0.4, -0.2) is 42.7 Å². The van der Waals surface area contributed by atoms with Crippen molar-refractivity contribution in [3.63, 3.8) is 0 Å². The Hall–Kier alpha value is -0.220. The van der Waals surface area contributed by atoms with Gasteiger partial charge in [0.15, 0.2) is 0 Å². The summed E-state index contributed by atoms with van der Waals surface area (Å²) in [5, 5.41) is 3.26. The first kappa shape index (κ1) is 8.87. The fraction of sp³-hybridized carbons (Fsp3) is 0.857. The molecule has 1 saturated heterocycles. The monoisotopic (exact) mass is 174 g/mol. The van der Waals surface area contributed by atoms with Gasteiger partial charge in [-0.2, -0.15) is 12.6 Å². The van der Waals surface area contributed by atoms with E-state index in [0.717, 1.165) is 19.6 Å². The molecular formula is C7H14N2OS. The summed E-state index contributed by atoms with van der Waals surface area (Å²) in [7, 11) is 1.89. The van der Waals surface area contributed by atoms with Gasteiger partial charge in [0.25, 0.3) is 0 Å². The molecule has 1 N–H and O–H groups in total. The molecule has 64 valence electrons. The molecule has 1 fully saturated rings. The van der Waals surface area contributed by atoms with Gasteiger partial charge in [-0.25, -0.2) is 0 Å². The molecule has 0 saturated carbocycles. The number of likely N-dealkylation sites (N-methyl/N-ethyl adjacent to an activating group) is 1. The van der Waals surface area contributed by atoms with Gasteiger partial charge < -0.3 is 10.2 Å².